The van der Waals surface area contributed by atoms with Gasteiger partial charge < -0.3 is 15.6 Å². The van der Waals surface area contributed by atoms with E-state index in [1.807, 2.05) is 11.0 Å². The minimum absolute atomic E-state index is 0.0696. The first kappa shape index (κ1) is 16.4. The second kappa shape index (κ2) is 7.43. The maximum Gasteiger partial charge on any atom is 0.234 e. The average Bonchev–Trinajstić information content (AvgIpc) is 3.01. The fourth-order valence-corrected chi connectivity index (χ4v) is 3.80. The molecule has 1 amide bonds. The van der Waals surface area contributed by atoms with Gasteiger partial charge in [0.1, 0.15) is 0 Å². The van der Waals surface area contributed by atoms with Gasteiger partial charge >= 0.3 is 0 Å². The standard InChI is InChI=1S/C18H26N2O3/c19-18(22)16-8-4-10-20(16)11-14(21)12-23-17-9-3-6-13-5-1-2-7-15(13)17/h1-2,5,7,14,16-17,21H,3-4,6,8-12H2,(H2,19,22)/t14-,16+,17+/m1/s1. The summed E-state index contributed by atoms with van der Waals surface area (Å²) in [5.74, 6) is -0.295. The van der Waals surface area contributed by atoms with Crippen LogP contribution in [0.4, 0.5) is 0 Å². The van der Waals surface area contributed by atoms with E-state index in [-0.39, 0.29) is 18.1 Å². The lowest BCUT2D eigenvalue weighted by Crippen LogP contribution is -2.44. The number of aliphatic hydroxyl groups excluding tert-OH is 1. The van der Waals surface area contributed by atoms with Gasteiger partial charge in [0.25, 0.3) is 0 Å². The highest BCUT2D eigenvalue weighted by Crippen LogP contribution is 2.32. The van der Waals surface area contributed by atoms with E-state index in [4.69, 9.17) is 10.5 Å². The summed E-state index contributed by atoms with van der Waals surface area (Å²) in [7, 11) is 0. The van der Waals surface area contributed by atoms with Crippen molar-refractivity contribution >= 4 is 5.91 Å². The Morgan fingerprint density at radius 2 is 2.17 bits per heavy atom. The number of β-amino-alcohol motifs (C(OH)–C–C–N with tert-alkyl or cyclic N) is 1. The smallest absolute Gasteiger partial charge is 0.234 e. The molecule has 126 valence electrons. The Morgan fingerprint density at radius 1 is 1.35 bits per heavy atom. The Bertz CT molecular complexity index is 549. The molecule has 3 N–H and O–H groups in total. The van der Waals surface area contributed by atoms with Crippen molar-refractivity contribution in [3.05, 3.63) is 35.4 Å². The van der Waals surface area contributed by atoms with Gasteiger partial charge in [0.05, 0.1) is 24.9 Å². The van der Waals surface area contributed by atoms with Crippen LogP contribution in [-0.4, -0.2) is 47.8 Å². The van der Waals surface area contributed by atoms with E-state index in [1.54, 1.807) is 0 Å². The number of fused-ring (bicyclic) bond motifs is 1. The maximum atomic E-state index is 11.4. The largest absolute Gasteiger partial charge is 0.389 e. The van der Waals surface area contributed by atoms with Crippen LogP contribution in [0.1, 0.15) is 42.9 Å². The number of benzene rings is 1. The number of carbonyl (C=O) groups excluding carboxylic acids is 1. The van der Waals surface area contributed by atoms with Gasteiger partial charge in [-0.3, -0.25) is 9.69 Å². The Labute approximate surface area is 137 Å². The summed E-state index contributed by atoms with van der Waals surface area (Å²) in [6.07, 6.45) is 4.44. The number of nitrogens with two attached hydrogens (primary N) is 1. The number of aryl methyl sites for hydroxylation is 1. The highest BCUT2D eigenvalue weighted by atomic mass is 16.5. The molecule has 2 aliphatic rings. The SMILES string of the molecule is NC(=O)[C@@H]1CCCN1C[C@@H](O)CO[C@H]1CCCc2ccccc21. The third kappa shape index (κ3) is 3.91. The van der Waals surface area contributed by atoms with E-state index in [2.05, 4.69) is 18.2 Å². The molecular weight excluding hydrogens is 292 g/mol. The fraction of sp³-hybridized carbons (Fsp3) is 0.611. The zero-order valence-electron chi connectivity index (χ0n) is 13.5. The molecule has 1 aromatic carbocycles. The topological polar surface area (TPSA) is 75.8 Å². The first-order valence-corrected chi connectivity index (χ1v) is 8.56. The summed E-state index contributed by atoms with van der Waals surface area (Å²) in [6, 6.07) is 8.14. The van der Waals surface area contributed by atoms with Crippen LogP contribution in [0.15, 0.2) is 24.3 Å². The predicted octanol–water partition coefficient (Wildman–Crippen LogP) is 1.39. The van der Waals surface area contributed by atoms with Gasteiger partial charge in [-0.25, -0.2) is 0 Å². The van der Waals surface area contributed by atoms with Crippen molar-refractivity contribution in [2.45, 2.75) is 50.4 Å². The number of amides is 1. The second-order valence-electron chi connectivity index (χ2n) is 6.62. The first-order valence-electron chi connectivity index (χ1n) is 8.56. The molecule has 23 heavy (non-hydrogen) atoms. The van der Waals surface area contributed by atoms with E-state index < -0.39 is 6.10 Å². The number of carbonyl (C=O) groups is 1. The maximum absolute atomic E-state index is 11.4. The van der Waals surface area contributed by atoms with Gasteiger partial charge in [-0.2, -0.15) is 0 Å². The predicted molar refractivity (Wildman–Crippen MR) is 87.9 cm³/mol. The monoisotopic (exact) mass is 318 g/mol. The number of hydrogen-bond donors (Lipinski definition) is 2. The Balaban J connectivity index is 1.52. The Hall–Kier alpha value is -1.43. The minimum Gasteiger partial charge on any atom is -0.389 e. The van der Waals surface area contributed by atoms with Crippen molar-refractivity contribution in [3.8, 4) is 0 Å². The third-order valence-corrected chi connectivity index (χ3v) is 4.94. The Morgan fingerprint density at radius 3 is 3.00 bits per heavy atom. The van der Waals surface area contributed by atoms with Crippen molar-refractivity contribution in [1.29, 1.82) is 0 Å². The van der Waals surface area contributed by atoms with E-state index in [9.17, 15) is 9.90 Å². The summed E-state index contributed by atoms with van der Waals surface area (Å²) < 4.78 is 5.98. The number of likely N-dealkylation sites (tertiary alicyclic amines) is 1. The summed E-state index contributed by atoms with van der Waals surface area (Å²) >= 11 is 0. The molecule has 0 spiro atoms. The first-order chi connectivity index (χ1) is 11.1. The summed E-state index contributed by atoms with van der Waals surface area (Å²) in [5, 5.41) is 10.3. The average molecular weight is 318 g/mol. The van der Waals surface area contributed by atoms with Gasteiger partial charge in [-0.15, -0.1) is 0 Å². The molecule has 1 saturated heterocycles. The van der Waals surface area contributed by atoms with Crippen molar-refractivity contribution in [2.24, 2.45) is 5.73 Å². The summed E-state index contributed by atoms with van der Waals surface area (Å²) in [6.45, 7) is 1.56. The van der Waals surface area contributed by atoms with Crippen molar-refractivity contribution in [3.63, 3.8) is 0 Å². The van der Waals surface area contributed by atoms with Gasteiger partial charge in [0, 0.05) is 6.54 Å². The lowest BCUT2D eigenvalue weighted by molar-refractivity contribution is -0.123. The van der Waals surface area contributed by atoms with Crippen LogP contribution in [0.25, 0.3) is 0 Å². The molecule has 0 saturated carbocycles. The van der Waals surface area contributed by atoms with E-state index >= 15 is 0 Å². The molecule has 0 radical (unpaired) electrons. The molecule has 0 aromatic heterocycles. The molecule has 1 aliphatic carbocycles. The normalized spacial score (nSPS) is 26.0. The molecular formula is C18H26N2O3. The molecule has 0 bridgehead atoms. The van der Waals surface area contributed by atoms with E-state index in [0.717, 1.165) is 38.6 Å². The van der Waals surface area contributed by atoms with Crippen molar-refractivity contribution < 1.29 is 14.6 Å². The molecule has 1 fully saturated rings. The van der Waals surface area contributed by atoms with Gasteiger partial charge in [-0.1, -0.05) is 24.3 Å². The quantitative estimate of drug-likeness (QED) is 0.831. The minimum atomic E-state index is -0.593. The number of rotatable bonds is 6. The molecule has 0 unspecified atom stereocenters. The van der Waals surface area contributed by atoms with Crippen LogP contribution in [0, 0.1) is 0 Å². The number of aliphatic hydroxyl groups is 1. The van der Waals surface area contributed by atoms with Crippen molar-refractivity contribution in [1.82, 2.24) is 4.90 Å². The number of primary amides is 1. The number of hydrogen-bond acceptors (Lipinski definition) is 4. The molecule has 3 rings (SSSR count). The number of nitrogens with zero attached hydrogens (tertiary/aromatic N) is 1. The second-order valence-corrected chi connectivity index (χ2v) is 6.62. The molecule has 5 nitrogen and oxygen atoms in total. The molecule has 1 heterocycles. The van der Waals surface area contributed by atoms with Gasteiger partial charge in [-0.05, 0) is 49.8 Å². The molecule has 1 aromatic rings. The molecule has 1 aliphatic heterocycles. The molecule has 5 heteroatoms. The third-order valence-electron chi connectivity index (χ3n) is 4.94. The highest BCUT2D eigenvalue weighted by Gasteiger charge is 2.30. The van der Waals surface area contributed by atoms with Crippen LogP contribution in [-0.2, 0) is 16.0 Å². The lowest BCUT2D eigenvalue weighted by Gasteiger charge is -2.28. The van der Waals surface area contributed by atoms with Crippen LogP contribution in [0.3, 0.4) is 0 Å². The van der Waals surface area contributed by atoms with Crippen LogP contribution < -0.4 is 5.73 Å². The summed E-state index contributed by atoms with van der Waals surface area (Å²) in [5.41, 5.74) is 8.02. The van der Waals surface area contributed by atoms with Crippen molar-refractivity contribution in [2.75, 3.05) is 19.7 Å². The van der Waals surface area contributed by atoms with E-state index in [1.165, 1.54) is 11.1 Å². The van der Waals surface area contributed by atoms with Gasteiger partial charge in [0.15, 0.2) is 0 Å². The molecule has 3 atom stereocenters. The fourth-order valence-electron chi connectivity index (χ4n) is 3.80. The summed E-state index contributed by atoms with van der Waals surface area (Å²) in [4.78, 5) is 13.4. The van der Waals surface area contributed by atoms with Crippen LogP contribution in [0.2, 0.25) is 0 Å². The zero-order chi connectivity index (χ0) is 16.2. The highest BCUT2D eigenvalue weighted by molar-refractivity contribution is 5.80. The zero-order valence-corrected chi connectivity index (χ0v) is 13.5. The van der Waals surface area contributed by atoms with Crippen LogP contribution >= 0.6 is 0 Å². The Kier molecular flexibility index (Phi) is 5.30. The number of ether oxygens (including phenoxy) is 1. The van der Waals surface area contributed by atoms with Crippen LogP contribution in [0.5, 0.6) is 0 Å². The van der Waals surface area contributed by atoms with Gasteiger partial charge in [0.2, 0.25) is 5.91 Å². The van der Waals surface area contributed by atoms with E-state index in [0.29, 0.717) is 13.2 Å². The lowest BCUT2D eigenvalue weighted by atomic mass is 9.89.